The number of thiazole rings is 1. The number of ether oxygens (including phenoxy) is 2. The molecule has 0 spiro atoms. The maximum atomic E-state index is 5.50. The number of hydrogen-bond donors (Lipinski definition) is 1. The van der Waals surface area contributed by atoms with E-state index in [4.69, 9.17) is 9.47 Å². The van der Waals surface area contributed by atoms with Gasteiger partial charge in [-0.2, -0.15) is 0 Å². The van der Waals surface area contributed by atoms with E-state index in [1.54, 1.807) is 25.6 Å². The lowest BCUT2D eigenvalue weighted by molar-refractivity contribution is 0.384. The molecule has 1 N–H and O–H groups in total. The Balaban J connectivity index is 2.28. The summed E-state index contributed by atoms with van der Waals surface area (Å²) in [6.45, 7) is 3.00. The largest absolute Gasteiger partial charge is 0.497 e. The second-order valence-electron chi connectivity index (χ2n) is 4.35. The van der Waals surface area contributed by atoms with Crippen molar-refractivity contribution >= 4 is 11.3 Å². The normalized spacial score (nSPS) is 12.2. The van der Waals surface area contributed by atoms with E-state index >= 15 is 0 Å². The minimum atomic E-state index is 0.187. The Morgan fingerprint density at radius 3 is 2.75 bits per heavy atom. The SMILES string of the molecule is CCNC(Cc1nccs1)c1ccc(OC)cc1OC. The zero-order chi connectivity index (χ0) is 14.4. The highest BCUT2D eigenvalue weighted by molar-refractivity contribution is 7.09. The minimum absolute atomic E-state index is 0.187. The summed E-state index contributed by atoms with van der Waals surface area (Å²) in [6.07, 6.45) is 2.70. The molecule has 0 bridgehead atoms. The fourth-order valence-electron chi connectivity index (χ4n) is 2.17. The molecule has 1 aromatic heterocycles. The van der Waals surface area contributed by atoms with Crippen LogP contribution in [0.15, 0.2) is 29.8 Å². The second kappa shape index (κ2) is 7.26. The monoisotopic (exact) mass is 292 g/mol. The molecule has 0 saturated heterocycles. The number of nitrogens with one attached hydrogen (secondary N) is 1. The first kappa shape index (κ1) is 14.8. The number of aromatic nitrogens is 1. The van der Waals surface area contributed by atoms with E-state index in [9.17, 15) is 0 Å². The smallest absolute Gasteiger partial charge is 0.127 e. The van der Waals surface area contributed by atoms with E-state index in [1.165, 1.54) is 0 Å². The Bertz CT molecular complexity index is 529. The summed E-state index contributed by atoms with van der Waals surface area (Å²) in [6, 6.07) is 6.12. The molecule has 2 aromatic rings. The summed E-state index contributed by atoms with van der Waals surface area (Å²) in [7, 11) is 3.34. The van der Waals surface area contributed by atoms with Crippen LogP contribution < -0.4 is 14.8 Å². The molecule has 1 unspecified atom stereocenters. The summed E-state index contributed by atoms with van der Waals surface area (Å²) in [5, 5.41) is 6.62. The van der Waals surface area contributed by atoms with Gasteiger partial charge in [0.2, 0.25) is 0 Å². The van der Waals surface area contributed by atoms with E-state index in [0.29, 0.717) is 0 Å². The van der Waals surface area contributed by atoms with Crippen molar-refractivity contribution in [1.29, 1.82) is 0 Å². The van der Waals surface area contributed by atoms with Gasteiger partial charge >= 0.3 is 0 Å². The van der Waals surface area contributed by atoms with Crippen LogP contribution >= 0.6 is 11.3 Å². The first-order valence-corrected chi connectivity index (χ1v) is 7.50. The lowest BCUT2D eigenvalue weighted by Gasteiger charge is -2.20. The Morgan fingerprint density at radius 1 is 1.30 bits per heavy atom. The number of hydrogen-bond acceptors (Lipinski definition) is 5. The molecule has 0 aliphatic carbocycles. The number of benzene rings is 1. The lowest BCUT2D eigenvalue weighted by atomic mass is 10.0. The number of nitrogens with zero attached hydrogens (tertiary/aromatic N) is 1. The molecule has 108 valence electrons. The van der Waals surface area contributed by atoms with Gasteiger partial charge in [-0.05, 0) is 12.6 Å². The molecule has 2 rings (SSSR count). The van der Waals surface area contributed by atoms with Crippen molar-refractivity contribution < 1.29 is 9.47 Å². The van der Waals surface area contributed by atoms with Crippen molar-refractivity contribution in [3.05, 3.63) is 40.3 Å². The molecule has 0 saturated carbocycles. The first-order valence-electron chi connectivity index (χ1n) is 6.62. The van der Waals surface area contributed by atoms with Crippen LogP contribution in [-0.4, -0.2) is 25.7 Å². The summed E-state index contributed by atoms with van der Waals surface area (Å²) < 4.78 is 10.7. The van der Waals surface area contributed by atoms with Crippen molar-refractivity contribution in [3.8, 4) is 11.5 Å². The van der Waals surface area contributed by atoms with E-state index < -0.39 is 0 Å². The van der Waals surface area contributed by atoms with Crippen LogP contribution in [0.5, 0.6) is 11.5 Å². The number of likely N-dealkylation sites (N-methyl/N-ethyl adjacent to an activating group) is 1. The standard InChI is InChI=1S/C15H20N2O2S/c1-4-16-13(10-15-17-7-8-20-15)12-6-5-11(18-2)9-14(12)19-3/h5-9,13,16H,4,10H2,1-3H3. The number of rotatable bonds is 7. The topological polar surface area (TPSA) is 43.4 Å². The zero-order valence-electron chi connectivity index (χ0n) is 12.1. The highest BCUT2D eigenvalue weighted by Gasteiger charge is 2.17. The molecule has 20 heavy (non-hydrogen) atoms. The fourth-order valence-corrected chi connectivity index (χ4v) is 2.84. The van der Waals surface area contributed by atoms with Crippen LogP contribution in [0.1, 0.15) is 23.5 Å². The highest BCUT2D eigenvalue weighted by Crippen LogP contribution is 2.31. The Kier molecular flexibility index (Phi) is 5.38. The van der Waals surface area contributed by atoms with Gasteiger partial charge in [0.25, 0.3) is 0 Å². The van der Waals surface area contributed by atoms with Gasteiger partial charge < -0.3 is 14.8 Å². The van der Waals surface area contributed by atoms with Crippen LogP contribution in [0.3, 0.4) is 0 Å². The molecular weight excluding hydrogens is 272 g/mol. The predicted octanol–water partition coefficient (Wildman–Crippen LogP) is 3.05. The molecule has 4 nitrogen and oxygen atoms in total. The summed E-state index contributed by atoms with van der Waals surface area (Å²) in [5.74, 6) is 1.64. The quantitative estimate of drug-likeness (QED) is 0.852. The fraction of sp³-hybridized carbons (Fsp3) is 0.400. The third-order valence-corrected chi connectivity index (χ3v) is 3.93. The van der Waals surface area contributed by atoms with Crippen molar-refractivity contribution in [2.24, 2.45) is 0 Å². The minimum Gasteiger partial charge on any atom is -0.497 e. The molecule has 0 radical (unpaired) electrons. The van der Waals surface area contributed by atoms with Gasteiger partial charge in [-0.25, -0.2) is 4.98 Å². The van der Waals surface area contributed by atoms with Gasteiger partial charge in [0, 0.05) is 35.7 Å². The second-order valence-corrected chi connectivity index (χ2v) is 5.33. The van der Waals surface area contributed by atoms with E-state index in [2.05, 4.69) is 23.3 Å². The van der Waals surface area contributed by atoms with Gasteiger partial charge in [0.15, 0.2) is 0 Å². The van der Waals surface area contributed by atoms with Gasteiger partial charge in [-0.15, -0.1) is 11.3 Å². The van der Waals surface area contributed by atoms with E-state index in [-0.39, 0.29) is 6.04 Å². The Hall–Kier alpha value is -1.59. The van der Waals surface area contributed by atoms with Crippen LogP contribution in [0.25, 0.3) is 0 Å². The maximum Gasteiger partial charge on any atom is 0.127 e. The lowest BCUT2D eigenvalue weighted by Crippen LogP contribution is -2.23. The third-order valence-electron chi connectivity index (χ3n) is 3.13. The van der Waals surface area contributed by atoms with Gasteiger partial charge in [-0.1, -0.05) is 13.0 Å². The predicted molar refractivity (Wildman–Crippen MR) is 81.8 cm³/mol. The van der Waals surface area contributed by atoms with E-state index in [1.807, 2.05) is 23.7 Å². The van der Waals surface area contributed by atoms with Crippen molar-refractivity contribution in [3.63, 3.8) is 0 Å². The molecule has 0 aliphatic heterocycles. The van der Waals surface area contributed by atoms with Crippen LogP contribution in [0, 0.1) is 0 Å². The van der Waals surface area contributed by atoms with E-state index in [0.717, 1.165) is 35.0 Å². The zero-order valence-corrected chi connectivity index (χ0v) is 12.9. The Morgan fingerprint density at radius 2 is 2.15 bits per heavy atom. The van der Waals surface area contributed by atoms with Gasteiger partial charge in [-0.3, -0.25) is 0 Å². The van der Waals surface area contributed by atoms with Crippen molar-refractivity contribution in [1.82, 2.24) is 10.3 Å². The molecule has 0 fully saturated rings. The number of methoxy groups -OCH3 is 2. The van der Waals surface area contributed by atoms with Gasteiger partial charge in [0.05, 0.1) is 19.2 Å². The van der Waals surface area contributed by atoms with Gasteiger partial charge in [0.1, 0.15) is 11.5 Å². The van der Waals surface area contributed by atoms with Crippen molar-refractivity contribution in [2.75, 3.05) is 20.8 Å². The molecule has 0 aliphatic rings. The summed E-state index contributed by atoms with van der Waals surface area (Å²) in [4.78, 5) is 4.37. The summed E-state index contributed by atoms with van der Waals surface area (Å²) in [5.41, 5.74) is 1.13. The van der Waals surface area contributed by atoms with Crippen LogP contribution in [0.4, 0.5) is 0 Å². The van der Waals surface area contributed by atoms with Crippen LogP contribution in [0.2, 0.25) is 0 Å². The highest BCUT2D eigenvalue weighted by atomic mass is 32.1. The molecule has 1 aromatic carbocycles. The maximum absolute atomic E-state index is 5.50. The average Bonchev–Trinajstić information content (AvgIpc) is 2.99. The average molecular weight is 292 g/mol. The first-order chi connectivity index (χ1) is 9.78. The summed E-state index contributed by atoms with van der Waals surface area (Å²) >= 11 is 1.68. The molecule has 5 heteroatoms. The molecule has 0 amide bonds. The third kappa shape index (κ3) is 3.49. The molecule has 1 heterocycles. The van der Waals surface area contributed by atoms with Crippen molar-refractivity contribution in [2.45, 2.75) is 19.4 Å². The Labute approximate surface area is 123 Å². The molecular formula is C15H20N2O2S. The van der Waals surface area contributed by atoms with Crippen LogP contribution in [-0.2, 0) is 6.42 Å². The molecule has 1 atom stereocenters.